The van der Waals surface area contributed by atoms with Crippen LogP contribution in [0, 0.1) is 0 Å². The van der Waals surface area contributed by atoms with E-state index in [0.717, 1.165) is 6.29 Å². The second kappa shape index (κ2) is 4.21. The van der Waals surface area contributed by atoms with Crippen molar-refractivity contribution < 1.29 is 14.3 Å². The molecule has 14 heavy (non-hydrogen) atoms. The van der Waals surface area contributed by atoms with Crippen LogP contribution in [0.4, 0.5) is 4.79 Å². The molecule has 4 nitrogen and oxygen atoms in total. The van der Waals surface area contributed by atoms with Crippen molar-refractivity contribution in [3.63, 3.8) is 0 Å². The van der Waals surface area contributed by atoms with Gasteiger partial charge in [0, 0.05) is 5.75 Å². The second-order valence-corrected chi connectivity index (χ2v) is 5.15. The maximum atomic E-state index is 11.6. The van der Waals surface area contributed by atoms with Crippen LogP contribution >= 0.6 is 11.8 Å². The van der Waals surface area contributed by atoms with Gasteiger partial charge in [-0.05, 0) is 20.8 Å². The van der Waals surface area contributed by atoms with Crippen molar-refractivity contribution in [2.45, 2.75) is 32.4 Å². The Balaban J connectivity index is 2.56. The molecular formula is C9H15NO3S. The van der Waals surface area contributed by atoms with E-state index < -0.39 is 11.7 Å². The van der Waals surface area contributed by atoms with Crippen molar-refractivity contribution in [2.75, 3.05) is 11.6 Å². The van der Waals surface area contributed by atoms with Crippen LogP contribution in [-0.4, -0.2) is 40.6 Å². The standard InChI is InChI=1S/C9H15NO3S/c1-9(2,3)13-8(12)10-6-14-5-7(10)4-11/h4,7H,5-6H2,1-3H3. The molecule has 0 aromatic carbocycles. The molecule has 0 aromatic rings. The van der Waals surface area contributed by atoms with Crippen LogP contribution in [0.1, 0.15) is 20.8 Å². The second-order valence-electron chi connectivity index (χ2n) is 4.15. The Labute approximate surface area is 88.0 Å². The number of rotatable bonds is 1. The van der Waals surface area contributed by atoms with Crippen molar-refractivity contribution in [3.8, 4) is 0 Å². The molecule has 5 heteroatoms. The maximum Gasteiger partial charge on any atom is 0.411 e. The summed E-state index contributed by atoms with van der Waals surface area (Å²) in [5.41, 5.74) is -0.502. The van der Waals surface area contributed by atoms with E-state index in [0.29, 0.717) is 11.6 Å². The van der Waals surface area contributed by atoms with Crippen molar-refractivity contribution in [3.05, 3.63) is 0 Å². The normalized spacial score (nSPS) is 22.2. The zero-order valence-electron chi connectivity index (χ0n) is 8.65. The van der Waals surface area contributed by atoms with Gasteiger partial charge in [-0.3, -0.25) is 4.90 Å². The number of aldehydes is 1. The number of amides is 1. The van der Waals surface area contributed by atoms with Gasteiger partial charge in [-0.25, -0.2) is 4.79 Å². The third kappa shape index (κ3) is 2.90. The average Bonchev–Trinajstić information content (AvgIpc) is 2.47. The molecule has 1 amide bonds. The summed E-state index contributed by atoms with van der Waals surface area (Å²) in [6.07, 6.45) is 0.392. The number of thioether (sulfide) groups is 1. The quantitative estimate of drug-likeness (QED) is 0.624. The molecule has 0 aliphatic carbocycles. The number of nitrogens with zero attached hydrogens (tertiary/aromatic N) is 1. The van der Waals surface area contributed by atoms with E-state index in [1.54, 1.807) is 11.8 Å². The summed E-state index contributed by atoms with van der Waals surface area (Å²) >= 11 is 1.56. The minimum atomic E-state index is -0.502. The predicted octanol–water partition coefficient (Wildman–Crippen LogP) is 1.50. The van der Waals surface area contributed by atoms with Gasteiger partial charge in [0.15, 0.2) is 0 Å². The Bertz CT molecular complexity index is 237. The Morgan fingerprint density at radius 3 is 2.71 bits per heavy atom. The molecule has 0 aromatic heterocycles. The fraction of sp³-hybridized carbons (Fsp3) is 0.778. The Kier molecular flexibility index (Phi) is 3.42. The fourth-order valence-corrected chi connectivity index (χ4v) is 2.18. The number of carbonyl (C=O) groups is 2. The first-order valence-electron chi connectivity index (χ1n) is 4.47. The molecule has 0 saturated carbocycles. The minimum Gasteiger partial charge on any atom is -0.444 e. The Morgan fingerprint density at radius 1 is 1.57 bits per heavy atom. The average molecular weight is 217 g/mol. The van der Waals surface area contributed by atoms with Gasteiger partial charge in [-0.15, -0.1) is 11.8 Å². The first-order chi connectivity index (χ1) is 6.44. The van der Waals surface area contributed by atoms with E-state index in [1.807, 2.05) is 20.8 Å². The van der Waals surface area contributed by atoms with E-state index in [9.17, 15) is 9.59 Å². The van der Waals surface area contributed by atoms with Gasteiger partial charge < -0.3 is 9.53 Å². The summed E-state index contributed by atoms with van der Waals surface area (Å²) in [4.78, 5) is 23.6. The molecule has 1 atom stereocenters. The molecule has 0 bridgehead atoms. The molecule has 1 aliphatic rings. The molecular weight excluding hydrogens is 202 g/mol. The fourth-order valence-electron chi connectivity index (χ4n) is 1.08. The van der Waals surface area contributed by atoms with E-state index >= 15 is 0 Å². The highest BCUT2D eigenvalue weighted by atomic mass is 32.2. The largest absolute Gasteiger partial charge is 0.444 e. The first-order valence-corrected chi connectivity index (χ1v) is 5.62. The number of carbonyl (C=O) groups excluding carboxylic acids is 2. The molecule has 1 saturated heterocycles. The van der Waals surface area contributed by atoms with Gasteiger partial charge in [0.1, 0.15) is 17.9 Å². The number of hydrogen-bond donors (Lipinski definition) is 0. The summed E-state index contributed by atoms with van der Waals surface area (Å²) < 4.78 is 5.17. The lowest BCUT2D eigenvalue weighted by Crippen LogP contribution is -2.41. The lowest BCUT2D eigenvalue weighted by atomic mass is 10.2. The summed E-state index contributed by atoms with van der Waals surface area (Å²) in [6, 6.07) is -0.324. The van der Waals surface area contributed by atoms with E-state index in [1.165, 1.54) is 4.90 Å². The number of hydrogen-bond acceptors (Lipinski definition) is 4. The highest BCUT2D eigenvalue weighted by molar-refractivity contribution is 7.99. The first kappa shape index (κ1) is 11.4. The SMILES string of the molecule is CC(C)(C)OC(=O)N1CSCC1C=O. The van der Waals surface area contributed by atoms with Crippen LogP contribution in [0.25, 0.3) is 0 Å². The van der Waals surface area contributed by atoms with Crippen LogP contribution in [0.2, 0.25) is 0 Å². The minimum absolute atomic E-state index is 0.324. The van der Waals surface area contributed by atoms with Crippen molar-refractivity contribution >= 4 is 24.1 Å². The van der Waals surface area contributed by atoms with E-state index in [4.69, 9.17) is 4.74 Å². The monoisotopic (exact) mass is 217 g/mol. The van der Waals surface area contributed by atoms with E-state index in [2.05, 4.69) is 0 Å². The maximum absolute atomic E-state index is 11.6. The molecule has 0 N–H and O–H groups in total. The van der Waals surface area contributed by atoms with Crippen molar-refractivity contribution in [1.29, 1.82) is 0 Å². The highest BCUT2D eigenvalue weighted by Gasteiger charge is 2.32. The van der Waals surface area contributed by atoms with Gasteiger partial charge in [0.2, 0.25) is 0 Å². The van der Waals surface area contributed by atoms with Crippen molar-refractivity contribution in [1.82, 2.24) is 4.90 Å². The van der Waals surface area contributed by atoms with Gasteiger partial charge in [-0.1, -0.05) is 0 Å². The summed E-state index contributed by atoms with van der Waals surface area (Å²) in [7, 11) is 0. The van der Waals surface area contributed by atoms with Crippen molar-refractivity contribution in [2.24, 2.45) is 0 Å². The third-order valence-electron chi connectivity index (χ3n) is 1.70. The van der Waals surface area contributed by atoms with Crippen LogP contribution in [0.15, 0.2) is 0 Å². The molecule has 1 aliphatic heterocycles. The molecule has 0 radical (unpaired) electrons. The van der Waals surface area contributed by atoms with Gasteiger partial charge in [-0.2, -0.15) is 0 Å². The summed E-state index contributed by atoms with van der Waals surface area (Å²) in [6.45, 7) is 5.43. The molecule has 1 unspecified atom stereocenters. The molecule has 0 spiro atoms. The zero-order valence-corrected chi connectivity index (χ0v) is 9.47. The summed E-state index contributed by atoms with van der Waals surface area (Å²) in [5, 5.41) is 0. The molecule has 80 valence electrons. The van der Waals surface area contributed by atoms with Gasteiger partial charge in [0.25, 0.3) is 0 Å². The topological polar surface area (TPSA) is 46.6 Å². The van der Waals surface area contributed by atoms with E-state index in [-0.39, 0.29) is 6.04 Å². The van der Waals surface area contributed by atoms with Gasteiger partial charge in [0.05, 0.1) is 5.88 Å². The number of ether oxygens (including phenoxy) is 1. The molecule has 1 heterocycles. The molecule has 1 rings (SSSR count). The lowest BCUT2D eigenvalue weighted by Gasteiger charge is -2.25. The lowest BCUT2D eigenvalue weighted by molar-refractivity contribution is -0.111. The van der Waals surface area contributed by atoms with Crippen LogP contribution in [0.5, 0.6) is 0 Å². The van der Waals surface area contributed by atoms with Crippen LogP contribution < -0.4 is 0 Å². The summed E-state index contributed by atoms with van der Waals surface area (Å²) in [5.74, 6) is 1.21. The third-order valence-corrected chi connectivity index (χ3v) is 2.74. The zero-order chi connectivity index (χ0) is 10.8. The highest BCUT2D eigenvalue weighted by Crippen LogP contribution is 2.22. The predicted molar refractivity (Wildman–Crippen MR) is 55.3 cm³/mol. The van der Waals surface area contributed by atoms with Gasteiger partial charge >= 0.3 is 6.09 Å². The molecule has 1 fully saturated rings. The Hall–Kier alpha value is -0.710. The van der Waals surface area contributed by atoms with Crippen LogP contribution in [-0.2, 0) is 9.53 Å². The Morgan fingerprint density at radius 2 is 2.21 bits per heavy atom. The smallest absolute Gasteiger partial charge is 0.411 e. The van der Waals surface area contributed by atoms with Crippen LogP contribution in [0.3, 0.4) is 0 Å².